The van der Waals surface area contributed by atoms with Crippen molar-refractivity contribution in [2.24, 2.45) is 5.41 Å². The topological polar surface area (TPSA) is 17.1 Å². The predicted octanol–water partition coefficient (Wildman–Crippen LogP) is 1.67. The van der Waals surface area contributed by atoms with Gasteiger partial charge in [0.05, 0.1) is 5.41 Å². The molecule has 0 fully saturated rings. The van der Waals surface area contributed by atoms with E-state index in [1.54, 1.807) is 6.92 Å². The minimum atomic E-state index is -0.525. The third-order valence-electron chi connectivity index (χ3n) is 0.895. The van der Waals surface area contributed by atoms with Crippen molar-refractivity contribution in [2.45, 2.75) is 6.92 Å². The van der Waals surface area contributed by atoms with Crippen LogP contribution in [0.3, 0.4) is 0 Å². The number of hydrogen-bond donors (Lipinski definition) is 0. The Morgan fingerprint density at radius 1 is 1.50 bits per heavy atom. The fourth-order valence-electron chi connectivity index (χ4n) is 0.0987. The molecular formula is C5H8Cl2O. The molecular weight excluding hydrogens is 147 g/mol. The second-order valence-electron chi connectivity index (χ2n) is 2.04. The summed E-state index contributed by atoms with van der Waals surface area (Å²) >= 11 is 10.8. The van der Waals surface area contributed by atoms with Gasteiger partial charge < -0.3 is 4.79 Å². The van der Waals surface area contributed by atoms with Crippen molar-refractivity contribution >= 4 is 29.5 Å². The van der Waals surface area contributed by atoms with Gasteiger partial charge >= 0.3 is 0 Å². The SMILES string of the molecule is CC(C=O)(CCl)CCl. The molecule has 0 aliphatic rings. The van der Waals surface area contributed by atoms with Crippen LogP contribution in [0.4, 0.5) is 0 Å². The summed E-state index contributed by atoms with van der Waals surface area (Å²) in [5, 5.41) is 0. The first-order valence-corrected chi connectivity index (χ1v) is 3.34. The van der Waals surface area contributed by atoms with Crippen LogP contribution in [0.25, 0.3) is 0 Å². The summed E-state index contributed by atoms with van der Waals surface area (Å²) in [5.74, 6) is 0.583. The molecule has 0 spiro atoms. The van der Waals surface area contributed by atoms with E-state index in [0.717, 1.165) is 6.29 Å². The summed E-state index contributed by atoms with van der Waals surface area (Å²) in [5.41, 5.74) is -0.525. The summed E-state index contributed by atoms with van der Waals surface area (Å²) in [6.07, 6.45) is 0.785. The Labute approximate surface area is 59.0 Å². The number of aldehydes is 1. The maximum atomic E-state index is 10.1. The molecule has 48 valence electrons. The monoisotopic (exact) mass is 154 g/mol. The minimum absolute atomic E-state index is 0.292. The van der Waals surface area contributed by atoms with Crippen molar-refractivity contribution < 1.29 is 4.79 Å². The van der Waals surface area contributed by atoms with Gasteiger partial charge in [-0.25, -0.2) is 0 Å². The largest absolute Gasteiger partial charge is 0.303 e. The van der Waals surface area contributed by atoms with Crippen molar-refractivity contribution in [1.29, 1.82) is 0 Å². The second kappa shape index (κ2) is 3.31. The summed E-state index contributed by atoms with van der Waals surface area (Å²) in [4.78, 5) is 10.1. The van der Waals surface area contributed by atoms with Gasteiger partial charge in [0.1, 0.15) is 6.29 Å². The number of halogens is 2. The molecule has 0 aromatic heterocycles. The average molecular weight is 155 g/mol. The lowest BCUT2D eigenvalue weighted by Crippen LogP contribution is -2.21. The third kappa shape index (κ3) is 2.01. The van der Waals surface area contributed by atoms with E-state index >= 15 is 0 Å². The second-order valence-corrected chi connectivity index (χ2v) is 2.57. The average Bonchev–Trinajstić information content (AvgIpc) is 1.87. The standard InChI is InChI=1S/C5H8Cl2O/c1-5(2-6,3-7)4-8/h4H,2-3H2,1H3. The fourth-order valence-corrected chi connectivity index (χ4v) is 0.510. The summed E-state index contributed by atoms with van der Waals surface area (Å²) in [6.45, 7) is 1.72. The Morgan fingerprint density at radius 3 is 1.88 bits per heavy atom. The Balaban J connectivity index is 3.76. The van der Waals surface area contributed by atoms with Crippen molar-refractivity contribution in [1.82, 2.24) is 0 Å². The maximum absolute atomic E-state index is 10.1. The predicted molar refractivity (Wildman–Crippen MR) is 35.6 cm³/mol. The van der Waals surface area contributed by atoms with Crippen molar-refractivity contribution in [3.05, 3.63) is 0 Å². The molecule has 0 atom stereocenters. The molecule has 0 saturated heterocycles. The molecule has 0 heterocycles. The van der Waals surface area contributed by atoms with Gasteiger partial charge in [-0.3, -0.25) is 0 Å². The molecule has 0 rings (SSSR count). The highest BCUT2D eigenvalue weighted by Gasteiger charge is 2.20. The molecule has 0 N–H and O–H groups in total. The van der Waals surface area contributed by atoms with E-state index in [4.69, 9.17) is 23.2 Å². The van der Waals surface area contributed by atoms with E-state index in [-0.39, 0.29) is 0 Å². The van der Waals surface area contributed by atoms with Gasteiger partial charge in [-0.15, -0.1) is 23.2 Å². The van der Waals surface area contributed by atoms with Gasteiger partial charge in [-0.1, -0.05) is 6.92 Å². The lowest BCUT2D eigenvalue weighted by molar-refractivity contribution is -0.113. The zero-order chi connectivity index (χ0) is 6.62. The summed E-state index contributed by atoms with van der Waals surface area (Å²) < 4.78 is 0. The van der Waals surface area contributed by atoms with Crippen LogP contribution in [0.5, 0.6) is 0 Å². The van der Waals surface area contributed by atoms with Crippen molar-refractivity contribution in [2.75, 3.05) is 11.8 Å². The van der Waals surface area contributed by atoms with Gasteiger partial charge in [-0.05, 0) is 0 Å². The normalized spacial score (nSPS) is 11.4. The smallest absolute Gasteiger partial charge is 0.128 e. The van der Waals surface area contributed by atoms with Crippen LogP contribution in [0.2, 0.25) is 0 Å². The molecule has 1 nitrogen and oxygen atoms in total. The number of alkyl halides is 2. The Kier molecular flexibility index (Phi) is 3.41. The third-order valence-corrected chi connectivity index (χ3v) is 2.12. The maximum Gasteiger partial charge on any atom is 0.128 e. The van der Waals surface area contributed by atoms with Crippen LogP contribution in [-0.4, -0.2) is 18.0 Å². The molecule has 0 aromatic carbocycles. The van der Waals surface area contributed by atoms with Gasteiger partial charge in [0.25, 0.3) is 0 Å². The number of hydrogen-bond acceptors (Lipinski definition) is 1. The first kappa shape index (κ1) is 8.25. The first-order valence-electron chi connectivity index (χ1n) is 2.27. The molecule has 0 radical (unpaired) electrons. The van der Waals surface area contributed by atoms with Gasteiger partial charge in [0.2, 0.25) is 0 Å². The van der Waals surface area contributed by atoms with Gasteiger partial charge in [0.15, 0.2) is 0 Å². The van der Waals surface area contributed by atoms with Crippen LogP contribution in [0.1, 0.15) is 6.92 Å². The lowest BCUT2D eigenvalue weighted by Gasteiger charge is -2.13. The quantitative estimate of drug-likeness (QED) is 0.447. The molecule has 0 unspecified atom stereocenters. The van der Waals surface area contributed by atoms with E-state index in [1.165, 1.54) is 0 Å². The van der Waals surface area contributed by atoms with E-state index in [9.17, 15) is 4.79 Å². The zero-order valence-electron chi connectivity index (χ0n) is 4.66. The molecule has 0 aromatic rings. The van der Waals surface area contributed by atoms with E-state index < -0.39 is 5.41 Å². The fraction of sp³-hybridized carbons (Fsp3) is 0.800. The number of rotatable bonds is 3. The summed E-state index contributed by atoms with van der Waals surface area (Å²) in [7, 11) is 0. The summed E-state index contributed by atoms with van der Waals surface area (Å²) in [6, 6.07) is 0. The van der Waals surface area contributed by atoms with Crippen LogP contribution in [0.15, 0.2) is 0 Å². The molecule has 0 amide bonds. The molecule has 0 aliphatic heterocycles. The number of carbonyl (C=O) groups excluding carboxylic acids is 1. The molecule has 0 aliphatic carbocycles. The van der Waals surface area contributed by atoms with Gasteiger partial charge in [-0.2, -0.15) is 0 Å². The van der Waals surface area contributed by atoms with Crippen LogP contribution in [0, 0.1) is 5.41 Å². The molecule has 0 bridgehead atoms. The van der Waals surface area contributed by atoms with E-state index in [0.29, 0.717) is 11.8 Å². The van der Waals surface area contributed by atoms with Crippen LogP contribution < -0.4 is 0 Å². The van der Waals surface area contributed by atoms with Crippen molar-refractivity contribution in [3.8, 4) is 0 Å². The number of carbonyl (C=O) groups is 1. The van der Waals surface area contributed by atoms with Gasteiger partial charge in [0, 0.05) is 11.8 Å². The van der Waals surface area contributed by atoms with E-state index in [1.807, 2.05) is 0 Å². The van der Waals surface area contributed by atoms with Crippen molar-refractivity contribution in [3.63, 3.8) is 0 Å². The zero-order valence-corrected chi connectivity index (χ0v) is 6.17. The molecule has 3 heteroatoms. The first-order chi connectivity index (χ1) is 3.68. The Hall–Kier alpha value is 0.250. The van der Waals surface area contributed by atoms with E-state index in [2.05, 4.69) is 0 Å². The molecule has 8 heavy (non-hydrogen) atoms. The highest BCUT2D eigenvalue weighted by molar-refractivity contribution is 6.22. The minimum Gasteiger partial charge on any atom is -0.303 e. The molecule has 0 saturated carbocycles. The van der Waals surface area contributed by atoms with Crippen LogP contribution in [-0.2, 0) is 4.79 Å². The Bertz CT molecular complexity index is 78.5. The van der Waals surface area contributed by atoms with Crippen LogP contribution >= 0.6 is 23.2 Å². The lowest BCUT2D eigenvalue weighted by atomic mass is 9.99. The Morgan fingerprint density at radius 2 is 1.88 bits per heavy atom. The highest BCUT2D eigenvalue weighted by Crippen LogP contribution is 2.15. The highest BCUT2D eigenvalue weighted by atomic mass is 35.5.